The molecule has 11 heteroatoms. The molecule has 0 bridgehead atoms. The average molecular weight is 443 g/mol. The van der Waals surface area contributed by atoms with Crippen LogP contribution in [0.3, 0.4) is 0 Å². The predicted molar refractivity (Wildman–Crippen MR) is 103 cm³/mol. The van der Waals surface area contributed by atoms with Crippen LogP contribution in [0.4, 0.5) is 10.1 Å². The summed E-state index contributed by atoms with van der Waals surface area (Å²) in [5.41, 5.74) is 0.646. The number of rotatable bonds is 6. The van der Waals surface area contributed by atoms with Crippen LogP contribution in [0.2, 0.25) is 10.0 Å². The third-order valence-corrected chi connectivity index (χ3v) is 5.55. The minimum Gasteiger partial charge on any atom is -0.348 e. The Morgan fingerprint density at radius 1 is 1.14 bits per heavy atom. The normalized spacial score (nSPS) is 11.2. The van der Waals surface area contributed by atoms with Gasteiger partial charge in [0.25, 0.3) is 15.9 Å². The van der Waals surface area contributed by atoms with Gasteiger partial charge in [-0.05, 0) is 42.0 Å². The third-order valence-electron chi connectivity index (χ3n) is 3.65. The predicted octanol–water partition coefficient (Wildman–Crippen LogP) is 3.59. The lowest BCUT2D eigenvalue weighted by Crippen LogP contribution is -2.25. The van der Waals surface area contributed by atoms with Crippen molar-refractivity contribution in [3.05, 3.63) is 75.7 Å². The Labute approximate surface area is 169 Å². The van der Waals surface area contributed by atoms with E-state index in [2.05, 4.69) is 20.2 Å². The van der Waals surface area contributed by atoms with Gasteiger partial charge in [-0.15, -0.1) is 0 Å². The summed E-state index contributed by atoms with van der Waals surface area (Å²) < 4.78 is 40.7. The number of anilines is 1. The zero-order valence-corrected chi connectivity index (χ0v) is 16.4. The average Bonchev–Trinajstić information content (AvgIpc) is 3.15. The summed E-state index contributed by atoms with van der Waals surface area (Å²) in [6.45, 7) is 0.0219. The molecule has 0 saturated carbocycles. The summed E-state index contributed by atoms with van der Waals surface area (Å²) in [6, 6.07) is 10.0. The molecule has 0 radical (unpaired) electrons. The van der Waals surface area contributed by atoms with E-state index in [1.165, 1.54) is 42.5 Å². The van der Waals surface area contributed by atoms with Crippen molar-refractivity contribution in [1.29, 1.82) is 0 Å². The first-order chi connectivity index (χ1) is 13.3. The van der Waals surface area contributed by atoms with E-state index in [4.69, 9.17) is 23.2 Å². The molecule has 1 amide bonds. The van der Waals surface area contributed by atoms with E-state index in [0.29, 0.717) is 10.6 Å². The van der Waals surface area contributed by atoms with Crippen molar-refractivity contribution in [1.82, 2.24) is 15.5 Å². The van der Waals surface area contributed by atoms with Gasteiger partial charge in [0.05, 0.1) is 16.8 Å². The molecule has 0 aliphatic rings. The Hall–Kier alpha value is -2.62. The standard InChI is InChI=1S/C17H13Cl2FN4O3S/c18-11-2-4-12(5-3-11)24-28(26,27)17-13(9-22-23-17)16(25)21-8-10-1-6-15(20)14(19)7-10/h1-7,9,24H,8H2,(H,21,25)(H,22,23). The Kier molecular flexibility index (Phi) is 5.87. The van der Waals surface area contributed by atoms with Crippen LogP contribution in [-0.4, -0.2) is 24.5 Å². The molecule has 7 nitrogen and oxygen atoms in total. The van der Waals surface area contributed by atoms with E-state index in [0.717, 1.165) is 6.20 Å². The summed E-state index contributed by atoms with van der Waals surface area (Å²) in [5, 5.41) is 8.49. The second-order valence-electron chi connectivity index (χ2n) is 5.66. The van der Waals surface area contributed by atoms with Gasteiger partial charge in [-0.1, -0.05) is 29.3 Å². The zero-order chi connectivity index (χ0) is 20.3. The lowest BCUT2D eigenvalue weighted by Gasteiger charge is -2.09. The number of nitrogens with zero attached hydrogens (tertiary/aromatic N) is 1. The highest BCUT2D eigenvalue weighted by atomic mass is 35.5. The maximum atomic E-state index is 13.2. The van der Waals surface area contributed by atoms with Crippen molar-refractivity contribution in [2.45, 2.75) is 11.6 Å². The van der Waals surface area contributed by atoms with Crippen molar-refractivity contribution in [2.75, 3.05) is 4.72 Å². The molecular formula is C17H13Cl2FN4O3S. The molecule has 3 rings (SSSR count). The Morgan fingerprint density at radius 3 is 2.54 bits per heavy atom. The van der Waals surface area contributed by atoms with Gasteiger partial charge in [0.1, 0.15) is 5.82 Å². The van der Waals surface area contributed by atoms with E-state index in [9.17, 15) is 17.6 Å². The van der Waals surface area contributed by atoms with E-state index in [1.807, 2.05) is 0 Å². The fourth-order valence-corrected chi connectivity index (χ4v) is 3.78. The third kappa shape index (κ3) is 4.61. The fraction of sp³-hybridized carbons (Fsp3) is 0.0588. The lowest BCUT2D eigenvalue weighted by atomic mass is 10.2. The highest BCUT2D eigenvalue weighted by Crippen LogP contribution is 2.20. The summed E-state index contributed by atoms with van der Waals surface area (Å²) >= 11 is 11.5. The molecule has 1 aromatic heterocycles. The van der Waals surface area contributed by atoms with Crippen LogP contribution in [0.5, 0.6) is 0 Å². The monoisotopic (exact) mass is 442 g/mol. The zero-order valence-electron chi connectivity index (χ0n) is 14.0. The Balaban J connectivity index is 1.75. The molecule has 0 unspecified atom stereocenters. The van der Waals surface area contributed by atoms with Crippen molar-refractivity contribution in [3.8, 4) is 0 Å². The minimum absolute atomic E-state index is 0.0219. The highest BCUT2D eigenvalue weighted by molar-refractivity contribution is 7.92. The molecule has 0 aliphatic carbocycles. The SMILES string of the molecule is O=C(NCc1ccc(F)c(Cl)c1)c1cn[nH]c1S(=O)(=O)Nc1ccc(Cl)cc1. The van der Waals surface area contributed by atoms with Gasteiger partial charge in [-0.25, -0.2) is 4.39 Å². The van der Waals surface area contributed by atoms with Gasteiger partial charge >= 0.3 is 0 Å². The first kappa shape index (κ1) is 20.1. The van der Waals surface area contributed by atoms with Gasteiger partial charge in [-0.2, -0.15) is 13.5 Å². The number of amides is 1. The molecule has 0 spiro atoms. The van der Waals surface area contributed by atoms with E-state index in [1.54, 1.807) is 0 Å². The van der Waals surface area contributed by atoms with Gasteiger partial charge in [-0.3, -0.25) is 14.6 Å². The summed E-state index contributed by atoms with van der Waals surface area (Å²) in [7, 11) is -4.10. The van der Waals surface area contributed by atoms with Gasteiger partial charge in [0.15, 0.2) is 5.03 Å². The smallest absolute Gasteiger partial charge is 0.279 e. The van der Waals surface area contributed by atoms with Crippen molar-refractivity contribution >= 4 is 44.8 Å². The second kappa shape index (κ2) is 8.17. The number of nitrogens with one attached hydrogen (secondary N) is 3. The number of hydrogen-bond acceptors (Lipinski definition) is 4. The fourth-order valence-electron chi connectivity index (χ4n) is 2.29. The van der Waals surface area contributed by atoms with Gasteiger partial charge in [0.2, 0.25) is 0 Å². The molecule has 0 saturated heterocycles. The molecule has 28 heavy (non-hydrogen) atoms. The van der Waals surface area contributed by atoms with Crippen LogP contribution in [-0.2, 0) is 16.6 Å². The minimum atomic E-state index is -4.10. The number of sulfonamides is 1. The molecule has 3 aromatic rings. The number of carbonyl (C=O) groups is 1. The van der Waals surface area contributed by atoms with Crippen LogP contribution >= 0.6 is 23.2 Å². The molecule has 2 aromatic carbocycles. The molecule has 0 aliphatic heterocycles. The number of benzene rings is 2. The van der Waals surface area contributed by atoms with Crippen molar-refractivity contribution < 1.29 is 17.6 Å². The first-order valence-corrected chi connectivity index (χ1v) is 10.0. The van der Waals surface area contributed by atoms with Gasteiger partial charge < -0.3 is 5.32 Å². The van der Waals surface area contributed by atoms with Crippen LogP contribution < -0.4 is 10.0 Å². The van der Waals surface area contributed by atoms with E-state index in [-0.39, 0.29) is 22.8 Å². The highest BCUT2D eigenvalue weighted by Gasteiger charge is 2.25. The van der Waals surface area contributed by atoms with Crippen molar-refractivity contribution in [3.63, 3.8) is 0 Å². The molecule has 0 fully saturated rings. The summed E-state index contributed by atoms with van der Waals surface area (Å²) in [4.78, 5) is 12.4. The first-order valence-electron chi connectivity index (χ1n) is 7.80. The van der Waals surface area contributed by atoms with Crippen LogP contribution in [0.25, 0.3) is 0 Å². The van der Waals surface area contributed by atoms with Gasteiger partial charge in [0, 0.05) is 17.3 Å². The molecule has 1 heterocycles. The van der Waals surface area contributed by atoms with E-state index >= 15 is 0 Å². The molecule has 3 N–H and O–H groups in total. The second-order valence-corrected chi connectivity index (χ2v) is 8.12. The van der Waals surface area contributed by atoms with Crippen LogP contribution in [0.15, 0.2) is 53.7 Å². The van der Waals surface area contributed by atoms with Crippen LogP contribution in [0.1, 0.15) is 15.9 Å². The molecule has 146 valence electrons. The Bertz CT molecular complexity index is 1120. The number of aromatic amines is 1. The Morgan fingerprint density at radius 2 is 1.86 bits per heavy atom. The number of halogens is 3. The molecule has 0 atom stereocenters. The number of hydrogen-bond donors (Lipinski definition) is 3. The number of aromatic nitrogens is 2. The number of carbonyl (C=O) groups excluding carboxylic acids is 1. The topological polar surface area (TPSA) is 104 Å². The maximum absolute atomic E-state index is 13.2. The largest absolute Gasteiger partial charge is 0.348 e. The van der Waals surface area contributed by atoms with Crippen LogP contribution in [0, 0.1) is 5.82 Å². The molecular weight excluding hydrogens is 430 g/mol. The number of H-pyrrole nitrogens is 1. The van der Waals surface area contributed by atoms with Crippen molar-refractivity contribution in [2.24, 2.45) is 0 Å². The lowest BCUT2D eigenvalue weighted by molar-refractivity contribution is 0.0947. The summed E-state index contributed by atoms with van der Waals surface area (Å²) in [6.07, 6.45) is 1.10. The quantitative estimate of drug-likeness (QED) is 0.542. The summed E-state index contributed by atoms with van der Waals surface area (Å²) in [5.74, 6) is -1.25. The van der Waals surface area contributed by atoms with E-state index < -0.39 is 26.8 Å². The maximum Gasteiger partial charge on any atom is 0.279 e.